The summed E-state index contributed by atoms with van der Waals surface area (Å²) in [6.07, 6.45) is 4.01. The van der Waals surface area contributed by atoms with Gasteiger partial charge in [0.2, 0.25) is 0 Å². The van der Waals surface area contributed by atoms with Crippen LogP contribution >= 0.6 is 22.6 Å². The van der Waals surface area contributed by atoms with Crippen molar-refractivity contribution in [2.75, 3.05) is 7.11 Å². The maximum atomic E-state index is 11.3. The number of carbonyl (C=O) groups excluding carboxylic acids is 1. The number of amides is 1. The fraction of sp³-hybridized carbons (Fsp3) is 0.875. The van der Waals surface area contributed by atoms with E-state index < -0.39 is 15.4 Å². The summed E-state index contributed by atoms with van der Waals surface area (Å²) in [5.41, 5.74) is 0. The number of halogens is 1. The first kappa shape index (κ1) is 13.2. The van der Waals surface area contributed by atoms with Crippen molar-refractivity contribution in [3.8, 4) is 0 Å². The van der Waals surface area contributed by atoms with Crippen LogP contribution in [0, 0.1) is 0 Å². The van der Waals surface area contributed by atoms with Crippen LogP contribution in [0.3, 0.4) is 0 Å². The van der Waals surface area contributed by atoms with Crippen LogP contribution in [-0.4, -0.2) is 30.7 Å². The van der Waals surface area contributed by atoms with Crippen LogP contribution in [0.5, 0.6) is 0 Å². The van der Waals surface area contributed by atoms with Crippen LogP contribution in [-0.2, 0) is 14.3 Å². The van der Waals surface area contributed by atoms with Gasteiger partial charge in [-0.25, -0.2) is 0 Å². The van der Waals surface area contributed by atoms with Crippen LogP contribution < -0.4 is 5.32 Å². The summed E-state index contributed by atoms with van der Waals surface area (Å²) >= 11 is 2.24. The molecule has 1 fully saturated rings. The summed E-state index contributed by atoms with van der Waals surface area (Å²) in [6.45, 7) is 0. The fourth-order valence-electron chi connectivity index (χ4n) is 1.55. The van der Waals surface area contributed by atoms with Gasteiger partial charge in [-0.3, -0.25) is 8.98 Å². The molecule has 1 N–H and O–H groups in total. The average Bonchev–Trinajstić information content (AvgIpc) is 2.21. The Morgan fingerprint density at radius 1 is 1.40 bits per heavy atom. The highest BCUT2D eigenvalue weighted by atomic mass is 127. The second kappa shape index (κ2) is 5.44. The lowest BCUT2D eigenvalue weighted by Gasteiger charge is -2.27. The lowest BCUT2D eigenvalue weighted by atomic mass is 9.96. The summed E-state index contributed by atoms with van der Waals surface area (Å²) in [5, 5.41) is 1.47. The molecule has 0 bridgehead atoms. The van der Waals surface area contributed by atoms with Crippen molar-refractivity contribution in [1.82, 2.24) is 5.32 Å². The van der Waals surface area contributed by atoms with Gasteiger partial charge in [0.15, 0.2) is 0 Å². The van der Waals surface area contributed by atoms with Crippen molar-refractivity contribution < 1.29 is 17.4 Å². The van der Waals surface area contributed by atoms with Gasteiger partial charge in [-0.1, -0.05) is 35.4 Å². The molecule has 7 heteroatoms. The van der Waals surface area contributed by atoms with Gasteiger partial charge in [-0.15, -0.1) is 0 Å². The van der Waals surface area contributed by atoms with Gasteiger partial charge in [0.25, 0.3) is 0 Å². The summed E-state index contributed by atoms with van der Waals surface area (Å²) in [6, 6.07) is -0.0585. The number of nitrogens with one attached hydrogen (secondary N) is 1. The number of rotatable bonds is 2. The van der Waals surface area contributed by atoms with Gasteiger partial charge in [-0.05, 0) is 12.8 Å². The Morgan fingerprint density at radius 2 is 2.00 bits per heavy atom. The molecule has 2 unspecified atom stereocenters. The third-order valence-electron chi connectivity index (χ3n) is 2.43. The number of hydrogen-bond donors (Lipinski definition) is 1. The molecule has 15 heavy (non-hydrogen) atoms. The first-order valence-electron chi connectivity index (χ1n) is 4.72. The third-order valence-corrected chi connectivity index (χ3v) is 4.93. The Balaban J connectivity index is 2.58. The van der Waals surface area contributed by atoms with E-state index in [1.165, 1.54) is 0 Å². The zero-order valence-corrected chi connectivity index (χ0v) is 11.4. The molecule has 1 saturated carbocycles. The second-order valence-corrected chi connectivity index (χ2v) is 6.67. The molecule has 1 aliphatic carbocycles. The van der Waals surface area contributed by atoms with E-state index >= 15 is 0 Å². The molecule has 0 aromatic heterocycles. The van der Waals surface area contributed by atoms with E-state index in [0.29, 0.717) is 3.92 Å². The van der Waals surface area contributed by atoms with Gasteiger partial charge in [0.1, 0.15) is 0 Å². The van der Waals surface area contributed by atoms with E-state index in [-0.39, 0.29) is 6.04 Å². The molecular formula is C8H14INO4S. The Morgan fingerprint density at radius 3 is 2.53 bits per heavy atom. The van der Waals surface area contributed by atoms with E-state index in [2.05, 4.69) is 32.1 Å². The maximum Gasteiger partial charge on any atom is 0.364 e. The fourth-order valence-corrected chi connectivity index (χ4v) is 2.97. The zero-order chi connectivity index (χ0) is 11.5. The normalized spacial score (nSPS) is 27.3. The lowest BCUT2D eigenvalue weighted by molar-refractivity contribution is 0.247. The first-order chi connectivity index (χ1) is 6.97. The van der Waals surface area contributed by atoms with Crippen molar-refractivity contribution >= 4 is 37.9 Å². The Labute approximate surface area is 103 Å². The van der Waals surface area contributed by atoms with Gasteiger partial charge in [-0.2, -0.15) is 8.42 Å². The average molecular weight is 347 g/mol. The predicted octanol–water partition coefficient (Wildman–Crippen LogP) is 1.42. The van der Waals surface area contributed by atoms with E-state index in [4.69, 9.17) is 0 Å². The minimum absolute atomic E-state index is 0.0585. The Hall–Kier alpha value is 0.110. The van der Waals surface area contributed by atoms with Crippen LogP contribution in [0.1, 0.15) is 25.7 Å². The quantitative estimate of drug-likeness (QED) is 0.466. The topological polar surface area (TPSA) is 72.5 Å². The molecule has 0 aliphatic heterocycles. The highest BCUT2D eigenvalue weighted by molar-refractivity contribution is 14.1. The molecule has 0 aromatic rings. The zero-order valence-electron chi connectivity index (χ0n) is 8.40. The summed E-state index contributed by atoms with van der Waals surface area (Å²) < 4.78 is 26.5. The molecule has 0 heterocycles. The number of alkyl halides is 1. The highest BCUT2D eigenvalue weighted by Crippen LogP contribution is 2.25. The molecule has 2 atom stereocenters. The summed E-state index contributed by atoms with van der Waals surface area (Å²) in [7, 11) is -3.09. The molecule has 1 rings (SSSR count). The number of carbonyl (C=O) groups is 1. The Bertz CT molecular complexity index is 330. The van der Waals surface area contributed by atoms with Crippen LogP contribution in [0.4, 0.5) is 4.79 Å². The van der Waals surface area contributed by atoms with Crippen LogP contribution in [0.25, 0.3) is 0 Å². The smallest absolute Gasteiger partial charge is 0.337 e. The maximum absolute atomic E-state index is 11.3. The molecular weight excluding hydrogens is 333 g/mol. The standard InChI is InChI=1S/C8H14INO4S/c1-14-15(12,13)8(11)10-7-5-3-2-4-6(7)9/h6-7H,2-5H2,1H3,(H,10,11). The minimum atomic E-state index is -4.07. The molecule has 1 amide bonds. The number of hydrogen-bond acceptors (Lipinski definition) is 4. The van der Waals surface area contributed by atoms with Gasteiger partial charge in [0, 0.05) is 9.97 Å². The molecule has 5 nitrogen and oxygen atoms in total. The summed E-state index contributed by atoms with van der Waals surface area (Å²) in [5.74, 6) is 0. The summed E-state index contributed by atoms with van der Waals surface area (Å²) in [4.78, 5) is 11.3. The van der Waals surface area contributed by atoms with Crippen molar-refractivity contribution in [2.45, 2.75) is 35.6 Å². The highest BCUT2D eigenvalue weighted by Gasteiger charge is 2.29. The molecule has 88 valence electrons. The van der Waals surface area contributed by atoms with E-state index in [9.17, 15) is 13.2 Å². The SMILES string of the molecule is COS(=O)(=O)C(=O)NC1CCCCC1I. The third kappa shape index (κ3) is 3.56. The van der Waals surface area contributed by atoms with Gasteiger partial charge in [0.05, 0.1) is 7.11 Å². The van der Waals surface area contributed by atoms with Crippen molar-refractivity contribution in [1.29, 1.82) is 0 Å². The van der Waals surface area contributed by atoms with E-state index in [1.807, 2.05) is 0 Å². The van der Waals surface area contributed by atoms with Crippen molar-refractivity contribution in [3.63, 3.8) is 0 Å². The second-order valence-electron chi connectivity index (χ2n) is 3.46. The van der Waals surface area contributed by atoms with Crippen molar-refractivity contribution in [3.05, 3.63) is 0 Å². The van der Waals surface area contributed by atoms with E-state index in [1.54, 1.807) is 0 Å². The lowest BCUT2D eigenvalue weighted by Crippen LogP contribution is -2.44. The van der Waals surface area contributed by atoms with Gasteiger partial charge >= 0.3 is 15.4 Å². The van der Waals surface area contributed by atoms with Crippen LogP contribution in [0.2, 0.25) is 0 Å². The molecule has 0 radical (unpaired) electrons. The van der Waals surface area contributed by atoms with Gasteiger partial charge < -0.3 is 5.32 Å². The Kier molecular flexibility index (Phi) is 4.78. The monoisotopic (exact) mass is 347 g/mol. The van der Waals surface area contributed by atoms with E-state index in [0.717, 1.165) is 32.8 Å². The largest absolute Gasteiger partial charge is 0.364 e. The van der Waals surface area contributed by atoms with Crippen LogP contribution in [0.15, 0.2) is 0 Å². The van der Waals surface area contributed by atoms with Crippen molar-refractivity contribution in [2.24, 2.45) is 0 Å². The molecule has 1 aliphatic rings. The molecule has 0 saturated heterocycles. The minimum Gasteiger partial charge on any atom is -0.337 e. The molecule has 0 spiro atoms. The first-order valence-corrected chi connectivity index (χ1v) is 7.38. The molecule has 0 aromatic carbocycles. The predicted molar refractivity (Wildman–Crippen MR) is 64.5 cm³/mol.